The minimum atomic E-state index is -4.60. The Morgan fingerprint density at radius 1 is 1.19 bits per heavy atom. The molecule has 0 radical (unpaired) electrons. The number of carbonyl (C=O) groups is 3. The van der Waals surface area contributed by atoms with Crippen molar-refractivity contribution in [2.45, 2.75) is 25.6 Å². The smallest absolute Gasteiger partial charge is 0.416 e. The van der Waals surface area contributed by atoms with E-state index in [1.165, 1.54) is 13.0 Å². The summed E-state index contributed by atoms with van der Waals surface area (Å²) in [6.45, 7) is 1.46. The molecule has 0 saturated carbocycles. The third-order valence-corrected chi connectivity index (χ3v) is 5.01. The fraction of sp³-hybridized carbons (Fsp3) is 0.286. The average molecular weight is 434 g/mol. The number of hydrogen-bond donors (Lipinski definition) is 1. The van der Waals surface area contributed by atoms with Gasteiger partial charge in [0, 0.05) is 6.42 Å². The van der Waals surface area contributed by atoms with Crippen molar-refractivity contribution in [1.82, 2.24) is 0 Å². The maximum atomic E-state index is 13.0. The van der Waals surface area contributed by atoms with Crippen LogP contribution in [0.1, 0.15) is 28.4 Å². The molecule has 0 aliphatic carbocycles. The maximum Gasteiger partial charge on any atom is 0.416 e. The first kappa shape index (κ1) is 20.7. The third kappa shape index (κ3) is 4.05. The van der Waals surface area contributed by atoms with Gasteiger partial charge in [-0.1, -0.05) is 0 Å². The summed E-state index contributed by atoms with van der Waals surface area (Å²) < 4.78 is 49.5. The molecule has 2 amide bonds. The SMILES string of the molecule is CC(OC(=O)c1ccc2c(c1)CCO2)C(=O)N1CC(=O)Nc2cc(C(F)(F)F)ccc21. The van der Waals surface area contributed by atoms with Gasteiger partial charge in [-0.2, -0.15) is 13.2 Å². The van der Waals surface area contributed by atoms with Crippen molar-refractivity contribution >= 4 is 29.2 Å². The molecular weight excluding hydrogens is 417 g/mol. The standard InChI is InChI=1S/C21H17F3N2O5/c1-11(31-20(29)13-2-5-17-12(8-13)6-7-30-17)19(28)26-10-18(27)25-15-9-14(21(22,23)24)3-4-16(15)26/h2-5,8-9,11H,6-7,10H2,1H3,(H,25,27). The van der Waals surface area contributed by atoms with Crippen LogP contribution in [0.4, 0.5) is 24.5 Å². The molecule has 0 bridgehead atoms. The minimum absolute atomic E-state index is 0.0928. The van der Waals surface area contributed by atoms with Gasteiger partial charge in [-0.3, -0.25) is 14.5 Å². The van der Waals surface area contributed by atoms with Gasteiger partial charge in [-0.25, -0.2) is 4.79 Å². The Morgan fingerprint density at radius 3 is 2.71 bits per heavy atom. The maximum absolute atomic E-state index is 13.0. The molecule has 2 aromatic carbocycles. The lowest BCUT2D eigenvalue weighted by Crippen LogP contribution is -2.47. The van der Waals surface area contributed by atoms with Crippen LogP contribution in [0.25, 0.3) is 0 Å². The Labute approximate surface area is 174 Å². The largest absolute Gasteiger partial charge is 0.493 e. The molecule has 1 atom stereocenters. The predicted molar refractivity (Wildman–Crippen MR) is 103 cm³/mol. The van der Waals surface area contributed by atoms with Crippen LogP contribution in [0.2, 0.25) is 0 Å². The summed E-state index contributed by atoms with van der Waals surface area (Å²) in [5.74, 6) is -1.43. The number of benzene rings is 2. The summed E-state index contributed by atoms with van der Waals surface area (Å²) in [4.78, 5) is 38.3. The molecule has 2 heterocycles. The number of hydrogen-bond acceptors (Lipinski definition) is 5. The number of fused-ring (bicyclic) bond motifs is 2. The molecular formula is C21H17F3N2O5. The van der Waals surface area contributed by atoms with Crippen molar-refractivity contribution in [3.05, 3.63) is 53.1 Å². The molecule has 1 unspecified atom stereocenters. The van der Waals surface area contributed by atoms with Gasteiger partial charge in [-0.15, -0.1) is 0 Å². The molecule has 2 aliphatic heterocycles. The zero-order valence-corrected chi connectivity index (χ0v) is 16.3. The first-order valence-corrected chi connectivity index (χ1v) is 9.42. The van der Waals surface area contributed by atoms with Crippen LogP contribution in [0.15, 0.2) is 36.4 Å². The van der Waals surface area contributed by atoms with Crippen LogP contribution >= 0.6 is 0 Å². The second kappa shape index (κ2) is 7.60. The number of amides is 2. The molecule has 4 rings (SSSR count). The Kier molecular flexibility index (Phi) is 5.08. The van der Waals surface area contributed by atoms with Crippen LogP contribution in [0.3, 0.4) is 0 Å². The fourth-order valence-corrected chi connectivity index (χ4v) is 3.48. The molecule has 7 nitrogen and oxygen atoms in total. The number of nitrogens with one attached hydrogen (secondary N) is 1. The summed E-state index contributed by atoms with van der Waals surface area (Å²) >= 11 is 0. The highest BCUT2D eigenvalue weighted by Gasteiger charge is 2.35. The van der Waals surface area contributed by atoms with Gasteiger partial charge in [0.2, 0.25) is 5.91 Å². The summed E-state index contributed by atoms with van der Waals surface area (Å²) in [7, 11) is 0. The highest BCUT2D eigenvalue weighted by atomic mass is 19.4. The Hall–Kier alpha value is -3.56. The summed E-state index contributed by atoms with van der Waals surface area (Å²) in [6, 6.07) is 7.48. The fourth-order valence-electron chi connectivity index (χ4n) is 3.48. The lowest BCUT2D eigenvalue weighted by atomic mass is 10.1. The van der Waals surface area contributed by atoms with Crippen molar-refractivity contribution in [3.8, 4) is 5.75 Å². The van der Waals surface area contributed by atoms with Crippen molar-refractivity contribution in [3.63, 3.8) is 0 Å². The number of rotatable bonds is 3. The second-order valence-electron chi connectivity index (χ2n) is 7.17. The first-order chi connectivity index (χ1) is 14.6. The zero-order valence-electron chi connectivity index (χ0n) is 16.3. The zero-order chi connectivity index (χ0) is 22.3. The second-order valence-corrected chi connectivity index (χ2v) is 7.17. The molecule has 0 fully saturated rings. The van der Waals surface area contributed by atoms with Crippen LogP contribution in [0.5, 0.6) is 5.75 Å². The Balaban J connectivity index is 1.52. The topological polar surface area (TPSA) is 84.9 Å². The van der Waals surface area contributed by atoms with Crippen molar-refractivity contribution in [1.29, 1.82) is 0 Å². The summed E-state index contributed by atoms with van der Waals surface area (Å²) in [5.41, 5.74) is 0.0960. The molecule has 0 saturated heterocycles. The average Bonchev–Trinajstić information content (AvgIpc) is 3.19. The van der Waals surface area contributed by atoms with Gasteiger partial charge in [0.05, 0.1) is 29.1 Å². The number of ether oxygens (including phenoxy) is 2. The van der Waals surface area contributed by atoms with Gasteiger partial charge in [-0.05, 0) is 48.9 Å². The van der Waals surface area contributed by atoms with E-state index in [1.807, 2.05) is 0 Å². The van der Waals surface area contributed by atoms with E-state index in [0.29, 0.717) is 18.8 Å². The summed E-state index contributed by atoms with van der Waals surface area (Å²) in [5, 5.41) is 2.33. The van der Waals surface area contributed by atoms with Crippen molar-refractivity contribution in [2.24, 2.45) is 0 Å². The lowest BCUT2D eigenvalue weighted by Gasteiger charge is -2.31. The van der Waals surface area contributed by atoms with Gasteiger partial charge in [0.15, 0.2) is 6.10 Å². The monoisotopic (exact) mass is 434 g/mol. The summed E-state index contributed by atoms with van der Waals surface area (Å²) in [6.07, 6.45) is -5.21. The number of alkyl halides is 3. The van der Waals surface area contributed by atoms with E-state index >= 15 is 0 Å². The van der Waals surface area contributed by atoms with Crippen molar-refractivity contribution < 1.29 is 37.0 Å². The number of carbonyl (C=O) groups excluding carboxylic acids is 3. The predicted octanol–water partition coefficient (Wildman–Crippen LogP) is 3.17. The van der Waals surface area contributed by atoms with E-state index in [2.05, 4.69) is 5.32 Å². The molecule has 2 aliphatic rings. The van der Waals surface area contributed by atoms with Gasteiger partial charge >= 0.3 is 12.1 Å². The van der Waals surface area contributed by atoms with E-state index in [9.17, 15) is 27.6 Å². The van der Waals surface area contributed by atoms with E-state index in [4.69, 9.17) is 9.47 Å². The first-order valence-electron chi connectivity index (χ1n) is 9.42. The Morgan fingerprint density at radius 2 is 1.97 bits per heavy atom. The van der Waals surface area contributed by atoms with E-state index in [1.54, 1.807) is 12.1 Å². The van der Waals surface area contributed by atoms with Crippen LogP contribution in [0, 0.1) is 0 Å². The molecule has 0 spiro atoms. The normalized spacial score (nSPS) is 16.0. The number of anilines is 2. The molecule has 31 heavy (non-hydrogen) atoms. The molecule has 2 aromatic rings. The quantitative estimate of drug-likeness (QED) is 0.751. The third-order valence-electron chi connectivity index (χ3n) is 5.01. The van der Waals surface area contributed by atoms with Gasteiger partial charge in [0.25, 0.3) is 5.91 Å². The van der Waals surface area contributed by atoms with Crippen LogP contribution < -0.4 is 15.0 Å². The van der Waals surface area contributed by atoms with Gasteiger partial charge < -0.3 is 14.8 Å². The number of esters is 1. The van der Waals surface area contributed by atoms with Crippen molar-refractivity contribution in [2.75, 3.05) is 23.4 Å². The van der Waals surface area contributed by atoms with E-state index < -0.39 is 42.2 Å². The molecule has 162 valence electrons. The molecule has 0 aromatic heterocycles. The van der Waals surface area contributed by atoms with Gasteiger partial charge in [0.1, 0.15) is 12.3 Å². The molecule has 10 heteroatoms. The van der Waals surface area contributed by atoms with E-state index in [-0.39, 0.29) is 16.9 Å². The minimum Gasteiger partial charge on any atom is -0.493 e. The highest BCUT2D eigenvalue weighted by Crippen LogP contribution is 2.37. The number of nitrogens with zero attached hydrogens (tertiary/aromatic N) is 1. The Bertz CT molecular complexity index is 1080. The van der Waals surface area contributed by atoms with Crippen LogP contribution in [-0.4, -0.2) is 37.0 Å². The lowest BCUT2D eigenvalue weighted by molar-refractivity contribution is -0.137. The highest BCUT2D eigenvalue weighted by molar-refractivity contribution is 6.11. The number of halogens is 3. The van der Waals surface area contributed by atoms with Crippen LogP contribution in [-0.2, 0) is 26.9 Å². The molecule has 1 N–H and O–H groups in total. The van der Waals surface area contributed by atoms with E-state index in [0.717, 1.165) is 28.7 Å².